The number of carboxylic acid groups (broad SMARTS) is 1. The van der Waals surface area contributed by atoms with E-state index in [0.29, 0.717) is 11.4 Å². The number of carboxylic acids is 1. The van der Waals surface area contributed by atoms with E-state index in [2.05, 4.69) is 4.98 Å². The molecule has 1 unspecified atom stereocenters. The summed E-state index contributed by atoms with van der Waals surface area (Å²) in [5.41, 5.74) is 0.649. The van der Waals surface area contributed by atoms with Crippen LogP contribution in [0.1, 0.15) is 47.6 Å². The van der Waals surface area contributed by atoms with Crippen LogP contribution in [-0.2, 0) is 16.6 Å². The fraction of sp³-hybridized carbons (Fsp3) is 0.636. The van der Waals surface area contributed by atoms with E-state index in [0.717, 1.165) is 37.0 Å². The van der Waals surface area contributed by atoms with E-state index in [1.54, 1.807) is 5.38 Å². The lowest BCUT2D eigenvalue weighted by atomic mass is 10.0. The van der Waals surface area contributed by atoms with Crippen molar-refractivity contribution in [2.45, 2.75) is 43.1 Å². The molecule has 4 nitrogen and oxygen atoms in total. The average Bonchev–Trinajstić information content (AvgIpc) is 2.79. The zero-order valence-electron chi connectivity index (χ0n) is 9.42. The van der Waals surface area contributed by atoms with Crippen molar-refractivity contribution >= 4 is 28.1 Å². The Labute approximate surface area is 107 Å². The van der Waals surface area contributed by atoms with Crippen LogP contribution in [0.4, 0.5) is 0 Å². The van der Waals surface area contributed by atoms with Gasteiger partial charge in [-0.2, -0.15) is 0 Å². The summed E-state index contributed by atoms with van der Waals surface area (Å²) in [5.74, 6) is -0.612. The van der Waals surface area contributed by atoms with E-state index in [1.165, 1.54) is 6.42 Å². The number of carbonyl (C=O) groups is 1. The van der Waals surface area contributed by atoms with Crippen LogP contribution < -0.4 is 0 Å². The molecule has 1 aliphatic rings. The van der Waals surface area contributed by atoms with Crippen molar-refractivity contribution in [1.29, 1.82) is 0 Å². The summed E-state index contributed by atoms with van der Waals surface area (Å²) in [7, 11) is -0.906. The molecule has 0 amide bonds. The van der Waals surface area contributed by atoms with E-state index >= 15 is 0 Å². The molecule has 94 valence electrons. The van der Waals surface area contributed by atoms with E-state index in [1.807, 2.05) is 0 Å². The van der Waals surface area contributed by atoms with Gasteiger partial charge in [-0.3, -0.25) is 4.21 Å². The number of nitrogens with zero attached hydrogens (tertiary/aromatic N) is 1. The van der Waals surface area contributed by atoms with Crippen molar-refractivity contribution in [2.24, 2.45) is 0 Å². The lowest BCUT2D eigenvalue weighted by Gasteiger charge is -2.20. The second kappa shape index (κ2) is 5.73. The first kappa shape index (κ1) is 12.7. The maximum atomic E-state index is 12.1. The molecule has 1 N–H and O–H groups in total. The Balaban J connectivity index is 1.94. The predicted molar refractivity (Wildman–Crippen MR) is 67.8 cm³/mol. The molecule has 0 spiro atoms. The smallest absolute Gasteiger partial charge is 0.365 e. The normalized spacial score (nSPS) is 19.1. The van der Waals surface area contributed by atoms with Gasteiger partial charge in [0.05, 0.1) is 11.4 Å². The molecule has 1 aromatic rings. The van der Waals surface area contributed by atoms with Gasteiger partial charge in [0.1, 0.15) is 0 Å². The second-order valence-corrected chi connectivity index (χ2v) is 6.81. The first-order valence-electron chi connectivity index (χ1n) is 5.71. The van der Waals surface area contributed by atoms with Crippen LogP contribution in [0.3, 0.4) is 0 Å². The fourth-order valence-electron chi connectivity index (χ4n) is 2.06. The van der Waals surface area contributed by atoms with Crippen LogP contribution >= 0.6 is 11.3 Å². The largest absolute Gasteiger partial charge is 0.476 e. The van der Waals surface area contributed by atoms with Crippen LogP contribution in [0.5, 0.6) is 0 Å². The summed E-state index contributed by atoms with van der Waals surface area (Å²) in [6.45, 7) is 0. The fourth-order valence-corrected chi connectivity index (χ4v) is 4.36. The molecule has 1 heterocycles. The summed E-state index contributed by atoms with van der Waals surface area (Å²) in [5, 5.41) is 10.8. The summed E-state index contributed by atoms with van der Waals surface area (Å²) >= 11 is 1.10. The van der Waals surface area contributed by atoms with Crippen LogP contribution in [0.25, 0.3) is 0 Å². The highest BCUT2D eigenvalue weighted by Gasteiger charge is 2.21. The maximum Gasteiger partial charge on any atom is 0.365 e. The third-order valence-electron chi connectivity index (χ3n) is 2.95. The molecule has 1 fully saturated rings. The Kier molecular flexibility index (Phi) is 4.28. The van der Waals surface area contributed by atoms with Gasteiger partial charge in [-0.25, -0.2) is 9.78 Å². The Hall–Kier alpha value is -0.750. The summed E-state index contributed by atoms with van der Waals surface area (Å²) in [4.78, 5) is 14.6. The minimum absolute atomic E-state index is 0.0839. The molecule has 0 saturated heterocycles. The summed E-state index contributed by atoms with van der Waals surface area (Å²) in [6.07, 6.45) is 5.63. The Morgan fingerprint density at radius 3 is 2.76 bits per heavy atom. The highest BCUT2D eigenvalue weighted by atomic mass is 32.2. The van der Waals surface area contributed by atoms with Crippen molar-refractivity contribution < 1.29 is 14.1 Å². The van der Waals surface area contributed by atoms with Crippen LogP contribution in [0, 0.1) is 0 Å². The minimum Gasteiger partial charge on any atom is -0.476 e. The highest BCUT2D eigenvalue weighted by molar-refractivity contribution is 7.84. The third kappa shape index (κ3) is 3.35. The number of aromatic carboxylic acids is 1. The van der Waals surface area contributed by atoms with Crippen molar-refractivity contribution in [3.8, 4) is 0 Å². The van der Waals surface area contributed by atoms with E-state index in [9.17, 15) is 9.00 Å². The monoisotopic (exact) mass is 273 g/mol. The molecule has 1 aliphatic carbocycles. The molecule has 0 bridgehead atoms. The lowest BCUT2D eigenvalue weighted by molar-refractivity contribution is 0.0696. The van der Waals surface area contributed by atoms with Crippen molar-refractivity contribution in [3.63, 3.8) is 0 Å². The molecule has 2 rings (SSSR count). The average molecular weight is 273 g/mol. The lowest BCUT2D eigenvalue weighted by Crippen LogP contribution is -2.19. The first-order chi connectivity index (χ1) is 8.16. The number of rotatable bonds is 4. The molecule has 0 aromatic carbocycles. The quantitative estimate of drug-likeness (QED) is 0.915. The minimum atomic E-state index is -1.01. The molecule has 1 aromatic heterocycles. The molecule has 1 atom stereocenters. The molecule has 0 aliphatic heterocycles. The van der Waals surface area contributed by atoms with Crippen LogP contribution in [-0.4, -0.2) is 25.5 Å². The summed E-state index contributed by atoms with van der Waals surface area (Å²) < 4.78 is 12.1. The van der Waals surface area contributed by atoms with E-state index < -0.39 is 16.8 Å². The SMILES string of the molecule is O=C(O)c1nc(CS(=O)C2CCCCC2)cs1. The number of hydrogen-bond acceptors (Lipinski definition) is 4. The molecule has 1 saturated carbocycles. The molecule has 17 heavy (non-hydrogen) atoms. The van der Waals surface area contributed by atoms with Gasteiger partial charge in [-0.15, -0.1) is 11.3 Å². The van der Waals surface area contributed by atoms with Gasteiger partial charge < -0.3 is 5.11 Å². The third-order valence-corrected chi connectivity index (χ3v) is 5.62. The number of thiazole rings is 1. The van der Waals surface area contributed by atoms with Gasteiger partial charge in [0.2, 0.25) is 5.01 Å². The Bertz CT molecular complexity index is 424. The Morgan fingerprint density at radius 2 is 2.18 bits per heavy atom. The zero-order valence-corrected chi connectivity index (χ0v) is 11.1. The van der Waals surface area contributed by atoms with Gasteiger partial charge in [0, 0.05) is 21.4 Å². The van der Waals surface area contributed by atoms with Crippen molar-refractivity contribution in [2.75, 3.05) is 0 Å². The predicted octanol–water partition coefficient (Wildman–Crippen LogP) is 2.42. The first-order valence-corrected chi connectivity index (χ1v) is 7.98. The number of aromatic nitrogens is 1. The summed E-state index contributed by atoms with van der Waals surface area (Å²) in [6, 6.07) is 0. The van der Waals surface area contributed by atoms with Crippen molar-refractivity contribution in [1.82, 2.24) is 4.98 Å². The molecular weight excluding hydrogens is 258 g/mol. The highest BCUT2D eigenvalue weighted by Crippen LogP contribution is 2.24. The molecule has 6 heteroatoms. The van der Waals surface area contributed by atoms with Gasteiger partial charge in [0.25, 0.3) is 0 Å². The van der Waals surface area contributed by atoms with Gasteiger partial charge in [-0.05, 0) is 12.8 Å². The van der Waals surface area contributed by atoms with E-state index in [-0.39, 0.29) is 10.3 Å². The maximum absolute atomic E-state index is 12.1. The topological polar surface area (TPSA) is 67.3 Å². The second-order valence-electron chi connectivity index (χ2n) is 4.23. The number of hydrogen-bond donors (Lipinski definition) is 1. The van der Waals surface area contributed by atoms with Gasteiger partial charge in [0.15, 0.2) is 0 Å². The zero-order chi connectivity index (χ0) is 12.3. The molecule has 0 radical (unpaired) electrons. The van der Waals surface area contributed by atoms with Crippen molar-refractivity contribution in [3.05, 3.63) is 16.1 Å². The van der Waals surface area contributed by atoms with Gasteiger partial charge >= 0.3 is 5.97 Å². The standard InChI is InChI=1S/C11H15NO3S2/c13-11(14)10-12-8(6-16-10)7-17(15)9-4-2-1-3-5-9/h6,9H,1-5,7H2,(H,13,14). The molecular formula is C11H15NO3S2. The van der Waals surface area contributed by atoms with Crippen LogP contribution in [0.2, 0.25) is 0 Å². The Morgan fingerprint density at radius 1 is 1.47 bits per heavy atom. The van der Waals surface area contributed by atoms with E-state index in [4.69, 9.17) is 5.11 Å². The van der Waals surface area contributed by atoms with Gasteiger partial charge in [-0.1, -0.05) is 19.3 Å². The van der Waals surface area contributed by atoms with Crippen LogP contribution in [0.15, 0.2) is 5.38 Å².